The number of hydrogen-bond acceptors (Lipinski definition) is 5. The van der Waals surface area contributed by atoms with Crippen molar-refractivity contribution in [1.29, 1.82) is 0 Å². The Labute approximate surface area is 257 Å². The van der Waals surface area contributed by atoms with Crippen LogP contribution in [0, 0.1) is 5.92 Å². The van der Waals surface area contributed by atoms with Gasteiger partial charge in [0.1, 0.15) is 12.3 Å². The normalized spacial score (nSPS) is 23.9. The molecule has 0 radical (unpaired) electrons. The van der Waals surface area contributed by atoms with E-state index in [1.807, 2.05) is 23.1 Å². The van der Waals surface area contributed by atoms with Gasteiger partial charge in [0, 0.05) is 63.2 Å². The summed E-state index contributed by atoms with van der Waals surface area (Å²) < 4.78 is 76.1. The Kier molecular flexibility index (Phi) is 10.3. The summed E-state index contributed by atoms with van der Waals surface area (Å²) in [4.78, 5) is 16.8. The molecule has 2 saturated heterocycles. The third kappa shape index (κ3) is 7.27. The molecular weight excluding hydrogens is 591 g/mol. The van der Waals surface area contributed by atoms with Gasteiger partial charge in [-0.3, -0.25) is 4.79 Å². The summed E-state index contributed by atoms with van der Waals surface area (Å²) in [7, 11) is -2.23. The smallest absolute Gasteiger partial charge is 0.264 e. The third-order valence-corrected chi connectivity index (χ3v) is 10.5. The molecular formula is C33H38F3N3O4S. The lowest BCUT2D eigenvalue weighted by Gasteiger charge is -2.39. The van der Waals surface area contributed by atoms with E-state index in [-0.39, 0.29) is 23.6 Å². The van der Waals surface area contributed by atoms with Crippen molar-refractivity contribution < 1.29 is 31.1 Å². The van der Waals surface area contributed by atoms with Gasteiger partial charge in [-0.15, -0.1) is 0 Å². The number of sulfonamides is 1. The average Bonchev–Trinajstić information content (AvgIpc) is 3.38. The highest BCUT2D eigenvalue weighted by molar-refractivity contribution is 7.93. The van der Waals surface area contributed by atoms with Gasteiger partial charge in [-0.2, -0.15) is 4.31 Å². The summed E-state index contributed by atoms with van der Waals surface area (Å²) >= 11 is 0. The Morgan fingerprint density at radius 3 is 2.32 bits per heavy atom. The first-order valence-corrected chi connectivity index (χ1v) is 16.4. The first-order chi connectivity index (χ1) is 21.2. The lowest BCUT2D eigenvalue weighted by molar-refractivity contribution is -0.128. The zero-order valence-electron chi connectivity index (χ0n) is 24.7. The number of alkyl halides is 3. The molecule has 11 heteroatoms. The van der Waals surface area contributed by atoms with Crippen LogP contribution < -0.4 is 0 Å². The zero-order chi connectivity index (χ0) is 31.3. The van der Waals surface area contributed by atoms with Crippen LogP contribution in [0.25, 0.3) is 0 Å². The molecule has 5 rings (SSSR count). The van der Waals surface area contributed by atoms with E-state index in [0.717, 1.165) is 31.4 Å². The van der Waals surface area contributed by atoms with Gasteiger partial charge < -0.3 is 14.5 Å². The Bertz CT molecular complexity index is 1480. The van der Waals surface area contributed by atoms with E-state index in [0.29, 0.717) is 37.8 Å². The number of nitrogens with zero attached hydrogens (tertiary/aromatic N) is 3. The van der Waals surface area contributed by atoms with Crippen molar-refractivity contribution in [1.82, 2.24) is 14.1 Å². The maximum atomic E-state index is 13.9. The molecule has 1 aromatic carbocycles. The minimum Gasteiger partial charge on any atom is -0.371 e. The fraction of sp³-hybridized carbons (Fsp3) is 0.424. The summed E-state index contributed by atoms with van der Waals surface area (Å²) in [6.45, 7) is 2.00. The number of halogens is 3. The lowest BCUT2D eigenvalue weighted by Crippen LogP contribution is -2.50. The summed E-state index contributed by atoms with van der Waals surface area (Å²) in [5.41, 5.74) is 1.06. The number of carbonyl (C=O) groups excluding carboxylic acids is 1. The van der Waals surface area contributed by atoms with Gasteiger partial charge in [0.15, 0.2) is 0 Å². The predicted octanol–water partition coefficient (Wildman–Crippen LogP) is 4.79. The van der Waals surface area contributed by atoms with Crippen molar-refractivity contribution in [3.63, 3.8) is 0 Å². The molecule has 4 aliphatic rings. The maximum absolute atomic E-state index is 13.9. The van der Waals surface area contributed by atoms with Crippen LogP contribution in [-0.4, -0.2) is 93.5 Å². The van der Waals surface area contributed by atoms with E-state index < -0.39 is 40.2 Å². The number of carbonyl (C=O) groups is 1. The van der Waals surface area contributed by atoms with Crippen LogP contribution in [0.5, 0.6) is 0 Å². The average molecular weight is 630 g/mol. The number of hydrogen-bond donors (Lipinski definition) is 0. The highest BCUT2D eigenvalue weighted by Crippen LogP contribution is 2.30. The number of piperazine rings is 1. The highest BCUT2D eigenvalue weighted by atomic mass is 32.2. The van der Waals surface area contributed by atoms with Crippen molar-refractivity contribution in [3.8, 4) is 0 Å². The van der Waals surface area contributed by atoms with E-state index in [1.54, 1.807) is 35.7 Å². The topological polar surface area (TPSA) is 70.2 Å². The summed E-state index contributed by atoms with van der Waals surface area (Å²) in [6, 6.07) is 10.2. The van der Waals surface area contributed by atoms with Crippen molar-refractivity contribution in [2.45, 2.75) is 38.0 Å². The fourth-order valence-corrected chi connectivity index (χ4v) is 7.61. The van der Waals surface area contributed by atoms with Gasteiger partial charge in [0.2, 0.25) is 10.0 Å². The molecule has 2 aliphatic heterocycles. The van der Waals surface area contributed by atoms with E-state index in [4.69, 9.17) is 4.74 Å². The predicted molar refractivity (Wildman–Crippen MR) is 164 cm³/mol. The lowest BCUT2D eigenvalue weighted by atomic mass is 9.91. The van der Waals surface area contributed by atoms with Crippen molar-refractivity contribution in [2.24, 2.45) is 5.92 Å². The van der Waals surface area contributed by atoms with E-state index in [9.17, 15) is 26.4 Å². The monoisotopic (exact) mass is 629 g/mol. The Morgan fingerprint density at radius 1 is 0.977 bits per heavy atom. The number of amides is 1. The van der Waals surface area contributed by atoms with E-state index in [2.05, 4.69) is 12.1 Å². The second-order valence-electron chi connectivity index (χ2n) is 11.3. The van der Waals surface area contributed by atoms with Crippen molar-refractivity contribution in [2.75, 3.05) is 46.4 Å². The number of methoxy groups -OCH3 is 1. The van der Waals surface area contributed by atoms with Gasteiger partial charge >= 0.3 is 0 Å². The molecule has 236 valence electrons. The molecule has 0 saturated carbocycles. The number of allylic oxidation sites excluding steroid dienone is 7. The van der Waals surface area contributed by atoms with Crippen LogP contribution in [0.15, 0.2) is 101 Å². The van der Waals surface area contributed by atoms with Gasteiger partial charge in [0.25, 0.3) is 12.3 Å². The van der Waals surface area contributed by atoms with E-state index in [1.165, 1.54) is 22.6 Å². The Balaban J connectivity index is 1.26. The molecule has 0 N–H and O–H groups in total. The van der Waals surface area contributed by atoms with E-state index >= 15 is 0 Å². The van der Waals surface area contributed by atoms with Crippen LogP contribution in [-0.2, 0) is 26.0 Å². The minimum atomic E-state index is -3.77. The standard InChI is InChI=1S/C33H38F3N3O4S/c1-43-31-12-6-10-27(44(41,42)39-15-13-25(14-16-39)21-24-7-3-2-4-8-24)23-30(31)37-17-19-38(20-18-37)33(40)28-11-5-9-26(34)22-29(28)32(35)36/h2-12,22-23,25-26,31-32H,13-21H2,1H3. The molecule has 2 unspecified atom stereocenters. The van der Waals surface area contributed by atoms with Crippen LogP contribution >= 0.6 is 0 Å². The summed E-state index contributed by atoms with van der Waals surface area (Å²) in [6.07, 6.45) is 8.42. The Hall–Kier alpha value is -3.41. The number of rotatable bonds is 8. The van der Waals surface area contributed by atoms with Crippen LogP contribution in [0.2, 0.25) is 0 Å². The molecule has 2 heterocycles. The number of benzene rings is 1. The molecule has 1 aromatic rings. The summed E-state index contributed by atoms with van der Waals surface area (Å²) in [5, 5.41) is 0. The maximum Gasteiger partial charge on any atom is 0.264 e. The zero-order valence-corrected chi connectivity index (χ0v) is 25.5. The van der Waals surface area contributed by atoms with Gasteiger partial charge in [-0.05, 0) is 67.2 Å². The summed E-state index contributed by atoms with van der Waals surface area (Å²) in [5.74, 6) is -0.169. The molecule has 44 heavy (non-hydrogen) atoms. The fourth-order valence-electron chi connectivity index (χ4n) is 6.10. The van der Waals surface area contributed by atoms with Gasteiger partial charge in [-0.1, -0.05) is 42.5 Å². The first kappa shape index (κ1) is 32.0. The quantitative estimate of drug-likeness (QED) is 0.414. The molecule has 2 atom stereocenters. The Morgan fingerprint density at radius 2 is 1.66 bits per heavy atom. The molecule has 1 amide bonds. The van der Waals surface area contributed by atoms with Crippen LogP contribution in [0.4, 0.5) is 13.2 Å². The molecule has 2 fully saturated rings. The minimum absolute atomic E-state index is 0.172. The number of piperidine rings is 1. The SMILES string of the molecule is COC1C=CC=C(S(=O)(=O)N2CCC(Cc3ccccc3)CC2)C=C1N1CCN(C(=O)C2=CC=CC(F)C=C2C(F)F)CC1. The number of ether oxygens (including phenoxy) is 1. The second kappa shape index (κ2) is 14.1. The van der Waals surface area contributed by atoms with Gasteiger partial charge in [-0.25, -0.2) is 21.6 Å². The van der Waals surface area contributed by atoms with Crippen LogP contribution in [0.1, 0.15) is 18.4 Å². The molecule has 0 bridgehead atoms. The van der Waals surface area contributed by atoms with Crippen molar-refractivity contribution in [3.05, 3.63) is 106 Å². The first-order valence-electron chi connectivity index (χ1n) is 14.9. The van der Waals surface area contributed by atoms with Crippen LogP contribution in [0.3, 0.4) is 0 Å². The molecule has 2 aliphatic carbocycles. The molecule has 7 nitrogen and oxygen atoms in total. The largest absolute Gasteiger partial charge is 0.371 e. The molecule has 0 spiro atoms. The van der Waals surface area contributed by atoms with Crippen molar-refractivity contribution >= 4 is 15.9 Å². The third-order valence-electron chi connectivity index (χ3n) is 8.57. The highest BCUT2D eigenvalue weighted by Gasteiger charge is 2.34. The molecule has 0 aromatic heterocycles. The second-order valence-corrected chi connectivity index (χ2v) is 13.3. The van der Waals surface area contributed by atoms with Gasteiger partial charge in [0.05, 0.1) is 4.91 Å².